The molecule has 3 rings (SSSR count). The van der Waals surface area contributed by atoms with E-state index in [9.17, 15) is 23.3 Å². The van der Waals surface area contributed by atoms with Crippen LogP contribution in [0.25, 0.3) is 0 Å². The number of nitro groups is 1. The van der Waals surface area contributed by atoms with E-state index < -0.39 is 31.3 Å². The highest BCUT2D eigenvalue weighted by molar-refractivity contribution is 7.91. The Labute approximate surface area is 171 Å². The molecule has 0 aromatic heterocycles. The number of rotatable bonds is 6. The standard InChI is InChI=1S/C20H14ClNO6S/c21-15-7-5-6-14(12-15)13-28-20(23)16-8-1-3-10-18(16)29(26,27)19-11-4-2-9-17(19)22(24)25/h1-12H,13H2. The van der Waals surface area contributed by atoms with Crippen LogP contribution in [0.5, 0.6) is 0 Å². The van der Waals surface area contributed by atoms with Crippen LogP contribution in [0.1, 0.15) is 15.9 Å². The van der Waals surface area contributed by atoms with Crippen LogP contribution in [0.15, 0.2) is 82.6 Å². The molecule has 0 spiro atoms. The van der Waals surface area contributed by atoms with Gasteiger partial charge in [-0.1, -0.05) is 48.0 Å². The lowest BCUT2D eigenvalue weighted by Crippen LogP contribution is -2.13. The molecule has 0 heterocycles. The maximum Gasteiger partial charge on any atom is 0.339 e. The fraction of sp³-hybridized carbons (Fsp3) is 0.0500. The molecule has 0 aliphatic carbocycles. The maximum absolute atomic E-state index is 13.1. The number of benzene rings is 3. The lowest BCUT2D eigenvalue weighted by molar-refractivity contribution is -0.387. The highest BCUT2D eigenvalue weighted by atomic mass is 35.5. The third kappa shape index (κ3) is 4.44. The summed E-state index contributed by atoms with van der Waals surface area (Å²) in [6.07, 6.45) is 0. The SMILES string of the molecule is O=C(OCc1cccc(Cl)c1)c1ccccc1S(=O)(=O)c1ccccc1[N+](=O)[O-]. The third-order valence-corrected chi connectivity index (χ3v) is 6.10. The van der Waals surface area contributed by atoms with E-state index in [2.05, 4.69) is 0 Å². The average molecular weight is 432 g/mol. The quantitative estimate of drug-likeness (QED) is 0.324. The van der Waals surface area contributed by atoms with Gasteiger partial charge in [0.15, 0.2) is 0 Å². The van der Waals surface area contributed by atoms with Crippen LogP contribution in [0.2, 0.25) is 5.02 Å². The van der Waals surface area contributed by atoms with E-state index in [0.29, 0.717) is 10.6 Å². The summed E-state index contributed by atoms with van der Waals surface area (Å²) in [5.41, 5.74) is -0.160. The predicted molar refractivity (Wildman–Crippen MR) is 106 cm³/mol. The van der Waals surface area contributed by atoms with Crippen molar-refractivity contribution in [1.29, 1.82) is 0 Å². The summed E-state index contributed by atoms with van der Waals surface area (Å²) < 4.78 is 31.4. The summed E-state index contributed by atoms with van der Waals surface area (Å²) in [6.45, 7) is -0.112. The summed E-state index contributed by atoms with van der Waals surface area (Å²) in [6, 6.07) is 17.0. The van der Waals surface area contributed by atoms with Crippen LogP contribution in [0, 0.1) is 10.1 Å². The Morgan fingerprint density at radius 3 is 2.31 bits per heavy atom. The highest BCUT2D eigenvalue weighted by Crippen LogP contribution is 2.31. The number of carbonyl (C=O) groups is 1. The Morgan fingerprint density at radius 1 is 0.966 bits per heavy atom. The van der Waals surface area contributed by atoms with Crippen LogP contribution < -0.4 is 0 Å². The largest absolute Gasteiger partial charge is 0.457 e. The van der Waals surface area contributed by atoms with Gasteiger partial charge in [-0.3, -0.25) is 10.1 Å². The van der Waals surface area contributed by atoms with E-state index >= 15 is 0 Å². The van der Waals surface area contributed by atoms with Crippen LogP contribution in [0.3, 0.4) is 0 Å². The summed E-state index contributed by atoms with van der Waals surface area (Å²) in [5, 5.41) is 11.7. The van der Waals surface area contributed by atoms with Crippen molar-refractivity contribution in [2.24, 2.45) is 0 Å². The lowest BCUT2D eigenvalue weighted by Gasteiger charge is -2.11. The molecule has 0 aliphatic heterocycles. The number of para-hydroxylation sites is 1. The first kappa shape index (κ1) is 20.5. The molecule has 0 saturated carbocycles. The van der Waals surface area contributed by atoms with Gasteiger partial charge in [-0.2, -0.15) is 0 Å². The van der Waals surface area contributed by atoms with E-state index in [1.807, 2.05) is 0 Å². The zero-order valence-electron chi connectivity index (χ0n) is 14.8. The minimum Gasteiger partial charge on any atom is -0.457 e. The Kier molecular flexibility index (Phi) is 5.95. The van der Waals surface area contributed by atoms with Gasteiger partial charge in [-0.25, -0.2) is 13.2 Å². The van der Waals surface area contributed by atoms with E-state index in [0.717, 1.165) is 12.1 Å². The monoisotopic (exact) mass is 431 g/mol. The first-order chi connectivity index (χ1) is 13.8. The zero-order chi connectivity index (χ0) is 21.0. The van der Waals surface area contributed by atoms with E-state index in [1.54, 1.807) is 24.3 Å². The topological polar surface area (TPSA) is 104 Å². The molecule has 0 aliphatic rings. The second-order valence-electron chi connectivity index (χ2n) is 5.93. The predicted octanol–water partition coefficient (Wildman–Crippen LogP) is 4.44. The van der Waals surface area contributed by atoms with Crippen molar-refractivity contribution in [2.45, 2.75) is 16.4 Å². The number of esters is 1. The molecule has 7 nitrogen and oxygen atoms in total. The van der Waals surface area contributed by atoms with Gasteiger partial charge in [0.25, 0.3) is 5.69 Å². The van der Waals surface area contributed by atoms with Crippen LogP contribution >= 0.6 is 11.6 Å². The van der Waals surface area contributed by atoms with E-state index in [1.165, 1.54) is 36.4 Å². The van der Waals surface area contributed by atoms with Gasteiger partial charge in [0.05, 0.1) is 15.4 Å². The van der Waals surface area contributed by atoms with Gasteiger partial charge in [-0.05, 0) is 35.9 Å². The Balaban J connectivity index is 1.96. The molecule has 0 unspecified atom stereocenters. The van der Waals surface area contributed by atoms with Gasteiger partial charge < -0.3 is 4.74 Å². The summed E-state index contributed by atoms with van der Waals surface area (Å²) in [7, 11) is -4.34. The van der Waals surface area contributed by atoms with Gasteiger partial charge in [-0.15, -0.1) is 0 Å². The van der Waals surface area contributed by atoms with E-state index in [-0.39, 0.29) is 17.1 Å². The zero-order valence-corrected chi connectivity index (χ0v) is 16.4. The molecule has 0 fully saturated rings. The lowest BCUT2D eigenvalue weighted by atomic mass is 10.2. The number of sulfone groups is 1. The molecule has 0 N–H and O–H groups in total. The minimum atomic E-state index is -4.34. The summed E-state index contributed by atoms with van der Waals surface area (Å²) in [5.74, 6) is -0.872. The fourth-order valence-corrected chi connectivity index (χ4v) is 4.50. The smallest absolute Gasteiger partial charge is 0.339 e. The molecule has 3 aromatic rings. The molecule has 29 heavy (non-hydrogen) atoms. The molecular formula is C20H14ClNO6S. The molecule has 0 bridgehead atoms. The number of ether oxygens (including phenoxy) is 1. The van der Waals surface area contributed by atoms with Crippen molar-refractivity contribution in [3.05, 3.63) is 99.1 Å². The van der Waals surface area contributed by atoms with Crippen LogP contribution in [-0.4, -0.2) is 19.3 Å². The Morgan fingerprint density at radius 2 is 1.62 bits per heavy atom. The minimum absolute atomic E-state index is 0.112. The number of hydrogen-bond acceptors (Lipinski definition) is 6. The third-order valence-electron chi connectivity index (χ3n) is 4.01. The molecule has 0 atom stereocenters. The van der Waals surface area contributed by atoms with Gasteiger partial charge in [0, 0.05) is 11.1 Å². The molecule has 0 amide bonds. The molecule has 0 saturated heterocycles. The Bertz CT molecular complexity index is 1190. The molecule has 0 radical (unpaired) electrons. The first-order valence-corrected chi connectivity index (χ1v) is 10.2. The molecule has 9 heteroatoms. The fourth-order valence-electron chi connectivity index (χ4n) is 2.68. The maximum atomic E-state index is 13.1. The van der Waals surface area contributed by atoms with Crippen molar-refractivity contribution >= 4 is 33.1 Å². The molecule has 3 aromatic carbocycles. The van der Waals surface area contributed by atoms with Gasteiger partial charge in [0.2, 0.25) is 9.84 Å². The van der Waals surface area contributed by atoms with Crippen molar-refractivity contribution in [2.75, 3.05) is 0 Å². The first-order valence-electron chi connectivity index (χ1n) is 8.30. The summed E-state index contributed by atoms with van der Waals surface area (Å²) in [4.78, 5) is 22.2. The van der Waals surface area contributed by atoms with Crippen molar-refractivity contribution in [1.82, 2.24) is 0 Å². The molecular weight excluding hydrogens is 418 g/mol. The second kappa shape index (κ2) is 8.42. The number of nitrogens with zero attached hydrogens (tertiary/aromatic N) is 1. The van der Waals surface area contributed by atoms with Crippen molar-refractivity contribution in [3.8, 4) is 0 Å². The van der Waals surface area contributed by atoms with Gasteiger partial charge >= 0.3 is 5.97 Å². The number of hydrogen-bond donors (Lipinski definition) is 0. The van der Waals surface area contributed by atoms with Gasteiger partial charge in [0.1, 0.15) is 11.5 Å². The normalized spacial score (nSPS) is 11.1. The van der Waals surface area contributed by atoms with Crippen LogP contribution in [0.4, 0.5) is 5.69 Å². The number of halogens is 1. The van der Waals surface area contributed by atoms with E-state index in [4.69, 9.17) is 16.3 Å². The highest BCUT2D eigenvalue weighted by Gasteiger charge is 2.30. The van der Waals surface area contributed by atoms with Crippen molar-refractivity contribution < 1.29 is 22.9 Å². The molecule has 148 valence electrons. The van der Waals surface area contributed by atoms with Crippen LogP contribution in [-0.2, 0) is 21.2 Å². The Hall–Kier alpha value is -3.23. The van der Waals surface area contributed by atoms with Crippen molar-refractivity contribution in [3.63, 3.8) is 0 Å². The average Bonchev–Trinajstić information content (AvgIpc) is 2.72. The number of carbonyl (C=O) groups excluding carboxylic acids is 1. The summed E-state index contributed by atoms with van der Waals surface area (Å²) >= 11 is 5.90. The number of nitro benzene ring substituents is 1. The second-order valence-corrected chi connectivity index (χ2v) is 8.25.